The Hall–Kier alpha value is -2.34. The van der Waals surface area contributed by atoms with Gasteiger partial charge in [-0.25, -0.2) is 0 Å². The Kier molecular flexibility index (Phi) is 4.09. The van der Waals surface area contributed by atoms with Crippen LogP contribution in [0.3, 0.4) is 0 Å². The Balaban J connectivity index is 2.21. The van der Waals surface area contributed by atoms with E-state index in [0.717, 1.165) is 0 Å². The molecule has 0 N–H and O–H groups in total. The maximum absolute atomic E-state index is 2.33. The van der Waals surface area contributed by atoms with Crippen molar-refractivity contribution in [3.8, 4) is 0 Å². The highest BCUT2D eigenvalue weighted by Gasteiger charge is 2.30. The van der Waals surface area contributed by atoms with Crippen LogP contribution in [0.1, 0.15) is 40.3 Å². The van der Waals surface area contributed by atoms with E-state index in [9.17, 15) is 0 Å². The largest absolute Gasteiger partial charge is 0.0590 e. The van der Waals surface area contributed by atoms with Crippen LogP contribution in [-0.4, -0.2) is 0 Å². The van der Waals surface area contributed by atoms with Crippen LogP contribution in [0.5, 0.6) is 0 Å². The summed E-state index contributed by atoms with van der Waals surface area (Å²) < 4.78 is 0. The summed E-state index contributed by atoms with van der Waals surface area (Å²) in [5.41, 5.74) is 7.73. The van der Waals surface area contributed by atoms with Gasteiger partial charge in [-0.15, -0.1) is 0 Å². The zero-order valence-corrected chi connectivity index (χ0v) is 14.4. The summed E-state index contributed by atoms with van der Waals surface area (Å²) in [6.45, 7) is 8.74. The van der Waals surface area contributed by atoms with E-state index in [0.29, 0.717) is 0 Å². The van der Waals surface area contributed by atoms with Crippen LogP contribution < -0.4 is 0 Å². The minimum absolute atomic E-state index is 0.144. The number of benzene rings is 3. The molecule has 0 amide bonds. The number of hydrogen-bond acceptors (Lipinski definition) is 0. The highest BCUT2D eigenvalue weighted by molar-refractivity contribution is 5.50. The van der Waals surface area contributed by atoms with E-state index in [4.69, 9.17) is 0 Å². The molecule has 0 atom stereocenters. The summed E-state index contributed by atoms with van der Waals surface area (Å²) in [6.07, 6.45) is 0. The first-order chi connectivity index (χ1) is 11.0. The number of hydrogen-bond donors (Lipinski definition) is 0. The molecule has 3 rings (SSSR count). The molecule has 0 spiro atoms. The first-order valence-electron chi connectivity index (χ1n) is 8.21. The third kappa shape index (κ3) is 2.94. The van der Waals surface area contributed by atoms with E-state index in [1.807, 2.05) is 0 Å². The fourth-order valence-electron chi connectivity index (χ4n) is 3.16. The van der Waals surface area contributed by atoms with Crippen molar-refractivity contribution in [3.63, 3.8) is 0 Å². The molecule has 0 heteroatoms. The Morgan fingerprint density at radius 3 is 0.870 bits per heavy atom. The molecule has 3 aromatic rings. The standard InChI is InChI=1S/C23H24/c1-17-5-11-20(12-6-17)23(4,21-13-7-18(2)8-14-21)22-15-9-19(3)10-16-22/h5-16H,1-4H3. The average Bonchev–Trinajstić information content (AvgIpc) is 2.56. The van der Waals surface area contributed by atoms with Gasteiger partial charge in [0.25, 0.3) is 0 Å². The minimum atomic E-state index is -0.144. The second kappa shape index (κ2) is 6.04. The molecule has 0 aromatic heterocycles. The Morgan fingerprint density at radius 2 is 0.652 bits per heavy atom. The molecule has 0 bridgehead atoms. The van der Waals surface area contributed by atoms with Crippen molar-refractivity contribution in [2.24, 2.45) is 0 Å². The Labute approximate surface area is 139 Å². The first kappa shape index (κ1) is 15.6. The molecule has 116 valence electrons. The van der Waals surface area contributed by atoms with E-state index < -0.39 is 0 Å². The van der Waals surface area contributed by atoms with Crippen LogP contribution in [0.25, 0.3) is 0 Å². The fraction of sp³-hybridized carbons (Fsp3) is 0.217. The van der Waals surface area contributed by atoms with Gasteiger partial charge in [-0.1, -0.05) is 89.5 Å². The van der Waals surface area contributed by atoms with Crippen LogP contribution in [-0.2, 0) is 5.41 Å². The molecule has 0 radical (unpaired) electrons. The lowest BCUT2D eigenvalue weighted by atomic mass is 9.71. The molecule has 0 heterocycles. The summed E-state index contributed by atoms with van der Waals surface area (Å²) in [4.78, 5) is 0. The van der Waals surface area contributed by atoms with Crippen LogP contribution >= 0.6 is 0 Å². The molecular formula is C23H24. The molecule has 0 saturated heterocycles. The zero-order chi connectivity index (χ0) is 16.4. The van der Waals surface area contributed by atoms with Crippen molar-refractivity contribution in [1.82, 2.24) is 0 Å². The summed E-state index contributed by atoms with van der Waals surface area (Å²) in [5.74, 6) is 0. The van der Waals surface area contributed by atoms with Crippen molar-refractivity contribution in [3.05, 3.63) is 106 Å². The molecule has 0 aliphatic heterocycles. The molecule has 0 nitrogen and oxygen atoms in total. The van der Waals surface area contributed by atoms with Crippen LogP contribution in [0, 0.1) is 20.8 Å². The van der Waals surface area contributed by atoms with Crippen LogP contribution in [0.15, 0.2) is 72.8 Å². The lowest BCUT2D eigenvalue weighted by Gasteiger charge is -2.32. The SMILES string of the molecule is Cc1ccc(C(C)(c2ccc(C)cc2)c2ccc(C)cc2)cc1. The van der Waals surface area contributed by atoms with E-state index in [-0.39, 0.29) is 5.41 Å². The normalized spacial score (nSPS) is 11.5. The van der Waals surface area contributed by atoms with Crippen molar-refractivity contribution < 1.29 is 0 Å². The van der Waals surface area contributed by atoms with Gasteiger partial charge >= 0.3 is 0 Å². The summed E-state index contributed by atoms with van der Waals surface area (Å²) >= 11 is 0. The van der Waals surface area contributed by atoms with Crippen molar-refractivity contribution in [1.29, 1.82) is 0 Å². The van der Waals surface area contributed by atoms with Gasteiger partial charge in [0.2, 0.25) is 0 Å². The van der Waals surface area contributed by atoms with E-state index in [1.54, 1.807) is 0 Å². The Bertz CT molecular complexity index is 664. The zero-order valence-electron chi connectivity index (χ0n) is 14.4. The second-order valence-electron chi connectivity index (χ2n) is 6.72. The Morgan fingerprint density at radius 1 is 0.435 bits per heavy atom. The lowest BCUT2D eigenvalue weighted by Crippen LogP contribution is -2.25. The van der Waals surface area contributed by atoms with Gasteiger partial charge in [-0.3, -0.25) is 0 Å². The lowest BCUT2D eigenvalue weighted by molar-refractivity contribution is 0.691. The van der Waals surface area contributed by atoms with Gasteiger partial charge in [0, 0.05) is 5.41 Å². The maximum Gasteiger partial charge on any atom is 0.0423 e. The van der Waals surface area contributed by atoms with Gasteiger partial charge < -0.3 is 0 Å². The van der Waals surface area contributed by atoms with Crippen molar-refractivity contribution in [2.45, 2.75) is 33.1 Å². The third-order valence-corrected chi connectivity index (χ3v) is 4.89. The molecule has 0 aliphatic carbocycles. The minimum Gasteiger partial charge on any atom is -0.0590 e. The van der Waals surface area contributed by atoms with Gasteiger partial charge in [-0.05, 0) is 44.4 Å². The number of rotatable bonds is 3. The van der Waals surface area contributed by atoms with Crippen molar-refractivity contribution >= 4 is 0 Å². The van der Waals surface area contributed by atoms with Gasteiger partial charge in [0.1, 0.15) is 0 Å². The predicted molar refractivity (Wildman–Crippen MR) is 99.1 cm³/mol. The molecule has 0 fully saturated rings. The second-order valence-corrected chi connectivity index (χ2v) is 6.72. The maximum atomic E-state index is 2.33. The van der Waals surface area contributed by atoms with Crippen LogP contribution in [0.2, 0.25) is 0 Å². The third-order valence-electron chi connectivity index (χ3n) is 4.89. The van der Waals surface area contributed by atoms with E-state index in [2.05, 4.69) is 100 Å². The number of aryl methyl sites for hydroxylation is 3. The quantitative estimate of drug-likeness (QED) is 0.523. The smallest absolute Gasteiger partial charge is 0.0423 e. The summed E-state index contributed by atoms with van der Waals surface area (Å²) in [6, 6.07) is 26.8. The van der Waals surface area contributed by atoms with Crippen molar-refractivity contribution in [2.75, 3.05) is 0 Å². The molecular weight excluding hydrogens is 276 g/mol. The predicted octanol–water partition coefficient (Wildman–Crippen LogP) is 5.97. The molecule has 0 aliphatic rings. The van der Waals surface area contributed by atoms with E-state index in [1.165, 1.54) is 33.4 Å². The summed E-state index contributed by atoms with van der Waals surface area (Å²) in [7, 11) is 0. The van der Waals surface area contributed by atoms with Crippen LogP contribution in [0.4, 0.5) is 0 Å². The first-order valence-corrected chi connectivity index (χ1v) is 8.21. The topological polar surface area (TPSA) is 0 Å². The van der Waals surface area contributed by atoms with Gasteiger partial charge in [0.05, 0.1) is 0 Å². The average molecular weight is 300 g/mol. The molecule has 0 unspecified atom stereocenters. The van der Waals surface area contributed by atoms with Gasteiger partial charge in [-0.2, -0.15) is 0 Å². The highest BCUT2D eigenvalue weighted by Crippen LogP contribution is 2.39. The molecule has 23 heavy (non-hydrogen) atoms. The monoisotopic (exact) mass is 300 g/mol. The molecule has 0 saturated carbocycles. The van der Waals surface area contributed by atoms with Gasteiger partial charge in [0.15, 0.2) is 0 Å². The fourth-order valence-corrected chi connectivity index (χ4v) is 3.16. The summed E-state index contributed by atoms with van der Waals surface area (Å²) in [5, 5.41) is 0. The highest BCUT2D eigenvalue weighted by atomic mass is 14.3. The van der Waals surface area contributed by atoms with E-state index >= 15 is 0 Å². The molecule has 3 aromatic carbocycles.